The van der Waals surface area contributed by atoms with Gasteiger partial charge < -0.3 is 49.8 Å². The van der Waals surface area contributed by atoms with Gasteiger partial charge in [0, 0.05) is 44.1 Å². The predicted molar refractivity (Wildman–Crippen MR) is 152 cm³/mol. The van der Waals surface area contributed by atoms with Gasteiger partial charge in [-0.25, -0.2) is 19.6 Å². The van der Waals surface area contributed by atoms with Gasteiger partial charge >= 0.3 is 18.0 Å². The molecule has 5 rings (SSSR count). The number of nitrogens with zero attached hydrogens (tertiary/aromatic N) is 4. The standard InChI is InChI=1S/C29H37N5O10/c1-42-20-9-7-17(15-31-20)19(14-21(35)43-28-24(38)22(36)23(37)25(44-28)27(39)40)34-13-12-33(29(34)41)11-3-5-18-8-6-16-4-2-10-30-26(16)32-18/h6-9,15,19,22-25,28,36-38H,2-5,10-14H2,1H3,(H,30,32)(H,39,40)/t19-,22?,23?,24?,25?,28?/m0/s1. The third-order valence-corrected chi connectivity index (χ3v) is 8.09. The summed E-state index contributed by atoms with van der Waals surface area (Å²) in [5, 5.41) is 42.9. The Morgan fingerprint density at radius 1 is 1.14 bits per heavy atom. The van der Waals surface area contributed by atoms with Crippen molar-refractivity contribution in [3.05, 3.63) is 47.3 Å². The highest BCUT2D eigenvalue weighted by Gasteiger charge is 2.49. The fourth-order valence-electron chi connectivity index (χ4n) is 5.66. The van der Waals surface area contributed by atoms with Crippen molar-refractivity contribution in [2.45, 2.75) is 68.9 Å². The summed E-state index contributed by atoms with van der Waals surface area (Å²) in [5.74, 6) is -1.27. The van der Waals surface area contributed by atoms with Crippen LogP contribution < -0.4 is 10.1 Å². The summed E-state index contributed by atoms with van der Waals surface area (Å²) in [6, 6.07) is 6.28. The fourth-order valence-corrected chi connectivity index (χ4v) is 5.66. The highest BCUT2D eigenvalue weighted by molar-refractivity contribution is 5.79. The molecule has 2 saturated heterocycles. The number of aromatic nitrogens is 2. The van der Waals surface area contributed by atoms with Crippen molar-refractivity contribution in [3.63, 3.8) is 0 Å². The van der Waals surface area contributed by atoms with E-state index in [2.05, 4.69) is 16.4 Å². The first-order chi connectivity index (χ1) is 21.2. The number of esters is 1. The van der Waals surface area contributed by atoms with Gasteiger partial charge in [0.05, 0.1) is 19.6 Å². The average Bonchev–Trinajstić information content (AvgIpc) is 3.39. The maximum atomic E-state index is 13.5. The molecule has 5 N–H and O–H groups in total. The lowest BCUT2D eigenvalue weighted by Gasteiger charge is -2.38. The first-order valence-corrected chi connectivity index (χ1v) is 14.6. The van der Waals surface area contributed by atoms with Crippen LogP contribution in [-0.2, 0) is 31.9 Å². The Hall–Kier alpha value is -4.05. The number of amides is 2. The van der Waals surface area contributed by atoms with Gasteiger partial charge in [0.1, 0.15) is 24.1 Å². The number of hydrogen-bond donors (Lipinski definition) is 5. The Balaban J connectivity index is 1.24. The number of aliphatic hydroxyl groups is 3. The van der Waals surface area contributed by atoms with Crippen LogP contribution in [0.3, 0.4) is 0 Å². The molecule has 0 spiro atoms. The maximum Gasteiger partial charge on any atom is 0.335 e. The number of pyridine rings is 2. The first kappa shape index (κ1) is 31.4. The Morgan fingerprint density at radius 3 is 2.68 bits per heavy atom. The van der Waals surface area contributed by atoms with E-state index in [4.69, 9.17) is 19.2 Å². The molecule has 238 valence electrons. The minimum Gasteiger partial charge on any atom is -0.481 e. The number of aliphatic carboxylic acids is 1. The molecule has 5 heterocycles. The van der Waals surface area contributed by atoms with Crippen LogP contribution in [0.25, 0.3) is 0 Å². The van der Waals surface area contributed by atoms with Crippen LogP contribution in [0.1, 0.15) is 42.1 Å². The third-order valence-electron chi connectivity index (χ3n) is 8.09. The number of ether oxygens (including phenoxy) is 3. The molecule has 0 bridgehead atoms. The second-order valence-corrected chi connectivity index (χ2v) is 11.0. The van der Waals surface area contributed by atoms with Crippen LogP contribution in [0.4, 0.5) is 10.6 Å². The summed E-state index contributed by atoms with van der Waals surface area (Å²) in [6.07, 6.45) is -4.95. The van der Waals surface area contributed by atoms with Crippen LogP contribution in [0, 0.1) is 0 Å². The normalized spacial score (nSPS) is 25.6. The number of aryl methyl sites for hydroxylation is 2. The molecule has 2 fully saturated rings. The van der Waals surface area contributed by atoms with Gasteiger partial charge in [0.2, 0.25) is 12.2 Å². The second kappa shape index (κ2) is 13.7. The van der Waals surface area contributed by atoms with Crippen molar-refractivity contribution >= 4 is 23.8 Å². The van der Waals surface area contributed by atoms with Gasteiger partial charge in [-0.05, 0) is 42.9 Å². The molecule has 3 aliphatic heterocycles. The minimum atomic E-state index is -1.93. The molecule has 0 aliphatic carbocycles. The van der Waals surface area contributed by atoms with E-state index in [0.717, 1.165) is 30.9 Å². The number of fused-ring (bicyclic) bond motifs is 1. The van der Waals surface area contributed by atoms with E-state index in [1.807, 2.05) is 6.07 Å². The lowest BCUT2D eigenvalue weighted by molar-refractivity contribution is -0.286. The van der Waals surface area contributed by atoms with Crippen molar-refractivity contribution in [1.82, 2.24) is 19.8 Å². The van der Waals surface area contributed by atoms with E-state index < -0.39 is 48.7 Å². The molecule has 0 radical (unpaired) electrons. The highest BCUT2D eigenvalue weighted by Crippen LogP contribution is 2.31. The van der Waals surface area contributed by atoms with Crippen molar-refractivity contribution < 1.29 is 49.0 Å². The molecular weight excluding hydrogens is 578 g/mol. The molecule has 44 heavy (non-hydrogen) atoms. The summed E-state index contributed by atoms with van der Waals surface area (Å²) >= 11 is 0. The summed E-state index contributed by atoms with van der Waals surface area (Å²) in [5.41, 5.74) is 2.68. The Kier molecular flexibility index (Phi) is 9.78. The SMILES string of the molecule is COc1ccc([C@H](CC(=O)OC2OC(C(=O)O)C(O)C(O)C2O)N2CCN(CCCc3ccc4c(n3)NCCC4)C2=O)cn1. The number of aliphatic hydroxyl groups excluding tert-OH is 3. The monoisotopic (exact) mass is 615 g/mol. The number of rotatable bonds is 11. The quantitative estimate of drug-likeness (QED) is 0.213. The summed E-state index contributed by atoms with van der Waals surface area (Å²) in [6.45, 7) is 2.14. The fraction of sp³-hybridized carbons (Fsp3) is 0.552. The lowest BCUT2D eigenvalue weighted by atomic mass is 9.99. The smallest absolute Gasteiger partial charge is 0.335 e. The van der Waals surface area contributed by atoms with Crippen molar-refractivity contribution in [3.8, 4) is 5.88 Å². The molecule has 15 nitrogen and oxygen atoms in total. The van der Waals surface area contributed by atoms with Gasteiger partial charge in [0.25, 0.3) is 0 Å². The number of carbonyl (C=O) groups excluding carboxylic acids is 2. The summed E-state index contributed by atoms with van der Waals surface area (Å²) in [7, 11) is 1.46. The van der Waals surface area contributed by atoms with Gasteiger partial charge in [-0.15, -0.1) is 0 Å². The second-order valence-electron chi connectivity index (χ2n) is 11.0. The van der Waals surface area contributed by atoms with E-state index >= 15 is 0 Å². The van der Waals surface area contributed by atoms with Gasteiger partial charge in [-0.3, -0.25) is 4.79 Å². The van der Waals surface area contributed by atoms with E-state index in [1.165, 1.54) is 23.8 Å². The van der Waals surface area contributed by atoms with Gasteiger partial charge in [0.15, 0.2) is 6.10 Å². The van der Waals surface area contributed by atoms with Crippen molar-refractivity contribution in [1.29, 1.82) is 0 Å². The Bertz CT molecular complexity index is 1340. The third kappa shape index (κ3) is 6.85. The predicted octanol–water partition coefficient (Wildman–Crippen LogP) is 0.0803. The van der Waals surface area contributed by atoms with E-state index in [9.17, 15) is 34.8 Å². The Morgan fingerprint density at radius 2 is 1.95 bits per heavy atom. The zero-order valence-electron chi connectivity index (χ0n) is 24.2. The number of carbonyl (C=O) groups is 3. The number of hydrogen-bond acceptors (Lipinski definition) is 12. The van der Waals surface area contributed by atoms with Crippen LogP contribution >= 0.6 is 0 Å². The van der Waals surface area contributed by atoms with Crippen molar-refractivity contribution in [2.24, 2.45) is 0 Å². The van der Waals surface area contributed by atoms with Gasteiger partial charge in [-0.1, -0.05) is 12.1 Å². The molecule has 3 aliphatic rings. The van der Waals surface area contributed by atoms with Gasteiger partial charge in [-0.2, -0.15) is 0 Å². The maximum absolute atomic E-state index is 13.5. The molecule has 2 aromatic heterocycles. The number of urea groups is 1. The molecule has 15 heteroatoms. The van der Waals surface area contributed by atoms with Crippen molar-refractivity contribution in [2.75, 3.05) is 38.6 Å². The Labute approximate surface area is 253 Å². The van der Waals surface area contributed by atoms with E-state index in [-0.39, 0.29) is 12.5 Å². The highest BCUT2D eigenvalue weighted by atomic mass is 16.7. The summed E-state index contributed by atoms with van der Waals surface area (Å²) < 4.78 is 15.4. The van der Waals surface area contributed by atoms with E-state index in [0.29, 0.717) is 43.9 Å². The average molecular weight is 616 g/mol. The molecular formula is C29H37N5O10. The number of nitrogens with one attached hydrogen (secondary N) is 1. The van der Waals surface area contributed by atoms with E-state index in [1.54, 1.807) is 17.0 Å². The number of methoxy groups -OCH3 is 1. The zero-order chi connectivity index (χ0) is 31.4. The topological polar surface area (TPSA) is 204 Å². The van der Waals surface area contributed by atoms with Crippen LogP contribution in [-0.4, -0.2) is 122 Å². The summed E-state index contributed by atoms with van der Waals surface area (Å²) in [4.78, 5) is 50.2. The number of carboxylic acid groups (broad SMARTS) is 1. The number of anilines is 1. The molecule has 5 unspecified atom stereocenters. The molecule has 2 amide bonds. The van der Waals surface area contributed by atoms with Crippen LogP contribution in [0.5, 0.6) is 5.88 Å². The molecule has 2 aromatic rings. The largest absolute Gasteiger partial charge is 0.481 e. The molecule has 0 aromatic carbocycles. The minimum absolute atomic E-state index is 0.280. The molecule has 0 saturated carbocycles. The van der Waals surface area contributed by atoms with Crippen LogP contribution in [0.2, 0.25) is 0 Å². The van der Waals surface area contributed by atoms with Crippen LogP contribution in [0.15, 0.2) is 30.5 Å². The first-order valence-electron chi connectivity index (χ1n) is 14.6. The number of carboxylic acids is 1. The lowest BCUT2D eigenvalue weighted by Crippen LogP contribution is -2.60. The zero-order valence-corrected chi connectivity index (χ0v) is 24.2. The molecule has 6 atom stereocenters.